The van der Waals surface area contributed by atoms with Gasteiger partial charge in [0.25, 0.3) is 5.91 Å². The highest BCUT2D eigenvalue weighted by molar-refractivity contribution is 6.05. The number of hydrogen-bond donors (Lipinski definition) is 3. The number of nitrogens with two attached hydrogens (primary N) is 1. The van der Waals surface area contributed by atoms with Crippen molar-refractivity contribution in [1.82, 2.24) is 10.2 Å². The maximum atomic E-state index is 12.3. The molecule has 4 N–H and O–H groups in total. The number of benzene rings is 1. The predicted molar refractivity (Wildman–Crippen MR) is 68.6 cm³/mol. The minimum atomic E-state index is -0.657. The Kier molecular flexibility index (Phi) is 2.63. The van der Waals surface area contributed by atoms with Crippen LogP contribution < -0.4 is 11.1 Å². The Labute approximate surface area is 114 Å². The van der Waals surface area contributed by atoms with Gasteiger partial charge in [-0.25, -0.2) is 0 Å². The number of nitrogens with zero attached hydrogens (tertiary/aromatic N) is 1. The van der Waals surface area contributed by atoms with E-state index in [-0.39, 0.29) is 36.2 Å². The molecule has 1 saturated heterocycles. The zero-order chi connectivity index (χ0) is 14.4. The van der Waals surface area contributed by atoms with Crippen LogP contribution in [0.4, 0.5) is 5.69 Å². The Morgan fingerprint density at radius 1 is 1.30 bits per heavy atom. The number of phenolic OH excluding ortho intramolecular Hbond substituents is 1. The third-order valence-corrected chi connectivity index (χ3v) is 3.67. The molecule has 0 radical (unpaired) electrons. The van der Waals surface area contributed by atoms with Crippen LogP contribution in [0.2, 0.25) is 0 Å². The Hall–Kier alpha value is -2.57. The summed E-state index contributed by atoms with van der Waals surface area (Å²) >= 11 is 0. The molecule has 1 aromatic carbocycles. The first-order valence-corrected chi connectivity index (χ1v) is 6.23. The molecule has 1 unspecified atom stereocenters. The zero-order valence-corrected chi connectivity index (χ0v) is 10.5. The third kappa shape index (κ3) is 1.78. The average Bonchev–Trinajstić information content (AvgIpc) is 2.68. The number of rotatable bonds is 1. The fourth-order valence-corrected chi connectivity index (χ4v) is 2.62. The fraction of sp³-hybridized carbons (Fsp3) is 0.308. The number of nitrogens with one attached hydrogen (secondary N) is 1. The number of carbonyl (C=O) groups is 3. The lowest BCUT2D eigenvalue weighted by molar-refractivity contribution is -0.136. The van der Waals surface area contributed by atoms with Crippen LogP contribution in [0.15, 0.2) is 12.1 Å². The SMILES string of the molecule is Nc1cc2c(cc1O)C(=O)N(C1CCC(=O)NC1=O)C2. The van der Waals surface area contributed by atoms with Crippen molar-refractivity contribution in [1.29, 1.82) is 0 Å². The van der Waals surface area contributed by atoms with Crippen molar-refractivity contribution in [3.8, 4) is 5.75 Å². The van der Waals surface area contributed by atoms with Gasteiger partial charge in [0.05, 0.1) is 5.69 Å². The average molecular weight is 275 g/mol. The molecule has 1 atom stereocenters. The number of hydrogen-bond acceptors (Lipinski definition) is 5. The Bertz CT molecular complexity index is 641. The molecule has 0 spiro atoms. The summed E-state index contributed by atoms with van der Waals surface area (Å²) in [6, 6.07) is 2.20. The van der Waals surface area contributed by atoms with E-state index in [9.17, 15) is 19.5 Å². The lowest BCUT2D eigenvalue weighted by Gasteiger charge is -2.29. The molecule has 2 aliphatic rings. The van der Waals surface area contributed by atoms with Crippen LogP contribution in [-0.2, 0) is 16.1 Å². The molecule has 104 valence electrons. The van der Waals surface area contributed by atoms with Gasteiger partial charge in [-0.1, -0.05) is 0 Å². The number of phenols is 1. The Morgan fingerprint density at radius 3 is 2.75 bits per heavy atom. The topological polar surface area (TPSA) is 113 Å². The molecule has 0 bridgehead atoms. The summed E-state index contributed by atoms with van der Waals surface area (Å²) in [5.74, 6) is -1.26. The molecule has 2 aliphatic heterocycles. The minimum Gasteiger partial charge on any atom is -0.506 e. The molecule has 1 fully saturated rings. The second-order valence-corrected chi connectivity index (χ2v) is 4.97. The first-order valence-electron chi connectivity index (χ1n) is 6.23. The number of fused-ring (bicyclic) bond motifs is 1. The van der Waals surface area contributed by atoms with Crippen LogP contribution in [0.3, 0.4) is 0 Å². The largest absolute Gasteiger partial charge is 0.506 e. The van der Waals surface area contributed by atoms with E-state index >= 15 is 0 Å². The van der Waals surface area contributed by atoms with Crippen molar-refractivity contribution >= 4 is 23.4 Å². The van der Waals surface area contributed by atoms with E-state index in [1.165, 1.54) is 17.0 Å². The van der Waals surface area contributed by atoms with Gasteiger partial charge in [0.15, 0.2) is 0 Å². The van der Waals surface area contributed by atoms with E-state index in [1.807, 2.05) is 0 Å². The number of amides is 3. The summed E-state index contributed by atoms with van der Waals surface area (Å²) in [7, 11) is 0. The van der Waals surface area contributed by atoms with E-state index in [0.29, 0.717) is 17.5 Å². The molecular formula is C13H13N3O4. The minimum absolute atomic E-state index is 0.151. The van der Waals surface area contributed by atoms with Crippen molar-refractivity contribution in [3.63, 3.8) is 0 Å². The van der Waals surface area contributed by atoms with Crippen molar-refractivity contribution in [2.75, 3.05) is 5.73 Å². The lowest BCUT2D eigenvalue weighted by atomic mass is 10.0. The van der Waals surface area contributed by atoms with Crippen LogP contribution >= 0.6 is 0 Å². The van der Waals surface area contributed by atoms with E-state index in [0.717, 1.165) is 0 Å². The van der Waals surface area contributed by atoms with E-state index in [4.69, 9.17) is 5.73 Å². The van der Waals surface area contributed by atoms with Crippen LogP contribution in [0.5, 0.6) is 5.75 Å². The van der Waals surface area contributed by atoms with Crippen LogP contribution in [0.1, 0.15) is 28.8 Å². The molecule has 3 rings (SSSR count). The van der Waals surface area contributed by atoms with Gasteiger partial charge in [-0.05, 0) is 24.1 Å². The number of carbonyl (C=O) groups excluding carboxylic acids is 3. The monoisotopic (exact) mass is 275 g/mol. The molecule has 0 aromatic heterocycles. The maximum Gasteiger partial charge on any atom is 0.255 e. The number of imide groups is 1. The molecule has 0 aliphatic carbocycles. The quantitative estimate of drug-likeness (QED) is 0.371. The van der Waals surface area contributed by atoms with Crippen LogP contribution in [0.25, 0.3) is 0 Å². The fourth-order valence-electron chi connectivity index (χ4n) is 2.62. The van der Waals surface area contributed by atoms with Gasteiger partial charge in [0.1, 0.15) is 11.8 Å². The summed E-state index contributed by atoms with van der Waals surface area (Å²) in [6.07, 6.45) is 0.524. The number of anilines is 1. The highest BCUT2D eigenvalue weighted by Crippen LogP contribution is 2.33. The molecular weight excluding hydrogens is 262 g/mol. The van der Waals surface area contributed by atoms with Crippen molar-refractivity contribution in [2.45, 2.75) is 25.4 Å². The van der Waals surface area contributed by atoms with Gasteiger partial charge in [-0.3, -0.25) is 19.7 Å². The maximum absolute atomic E-state index is 12.3. The van der Waals surface area contributed by atoms with Gasteiger partial charge < -0.3 is 15.7 Å². The first-order chi connectivity index (χ1) is 9.47. The Morgan fingerprint density at radius 2 is 2.05 bits per heavy atom. The molecule has 3 amide bonds. The van der Waals surface area contributed by atoms with Crippen LogP contribution in [0, 0.1) is 0 Å². The summed E-state index contributed by atoms with van der Waals surface area (Å²) in [6.45, 7) is 0.255. The van der Waals surface area contributed by atoms with Crippen LogP contribution in [-0.4, -0.2) is 33.8 Å². The molecule has 2 heterocycles. The first kappa shape index (κ1) is 12.5. The van der Waals surface area contributed by atoms with E-state index < -0.39 is 11.9 Å². The number of aromatic hydroxyl groups is 1. The molecule has 20 heavy (non-hydrogen) atoms. The van der Waals surface area contributed by atoms with Gasteiger partial charge in [0.2, 0.25) is 11.8 Å². The summed E-state index contributed by atoms with van der Waals surface area (Å²) in [5, 5.41) is 11.8. The summed E-state index contributed by atoms with van der Waals surface area (Å²) in [5.41, 5.74) is 6.82. The van der Waals surface area contributed by atoms with E-state index in [2.05, 4.69) is 5.32 Å². The lowest BCUT2D eigenvalue weighted by Crippen LogP contribution is -2.52. The second kappa shape index (κ2) is 4.22. The number of piperidine rings is 1. The molecule has 7 heteroatoms. The number of nitrogen functional groups attached to an aromatic ring is 1. The van der Waals surface area contributed by atoms with Gasteiger partial charge >= 0.3 is 0 Å². The summed E-state index contributed by atoms with van der Waals surface area (Å²) < 4.78 is 0. The highest BCUT2D eigenvalue weighted by Gasteiger charge is 2.39. The molecule has 7 nitrogen and oxygen atoms in total. The van der Waals surface area contributed by atoms with Crippen molar-refractivity contribution < 1.29 is 19.5 Å². The van der Waals surface area contributed by atoms with Crippen molar-refractivity contribution in [3.05, 3.63) is 23.3 Å². The molecule has 0 saturated carbocycles. The zero-order valence-electron chi connectivity index (χ0n) is 10.5. The predicted octanol–water partition coefficient (Wildman–Crippen LogP) is -0.265. The van der Waals surface area contributed by atoms with Crippen molar-refractivity contribution in [2.24, 2.45) is 0 Å². The van der Waals surface area contributed by atoms with Gasteiger partial charge in [-0.15, -0.1) is 0 Å². The summed E-state index contributed by atoms with van der Waals surface area (Å²) in [4.78, 5) is 36.7. The normalized spacial score (nSPS) is 21.9. The van der Waals surface area contributed by atoms with E-state index in [1.54, 1.807) is 0 Å². The smallest absolute Gasteiger partial charge is 0.255 e. The molecule has 1 aromatic rings. The van der Waals surface area contributed by atoms with Gasteiger partial charge in [-0.2, -0.15) is 0 Å². The second-order valence-electron chi connectivity index (χ2n) is 4.97. The third-order valence-electron chi connectivity index (χ3n) is 3.67. The van der Waals surface area contributed by atoms with Gasteiger partial charge in [0, 0.05) is 18.5 Å². The standard InChI is InChI=1S/C13H13N3O4/c14-8-3-6-5-16(13(20)7(6)4-10(8)17)9-1-2-11(18)15-12(9)19/h3-4,9,17H,1-2,5,14H2,(H,15,18,19). The Balaban J connectivity index is 1.90. The highest BCUT2D eigenvalue weighted by atomic mass is 16.3.